The number of ether oxygens (including phenoxy) is 1. The predicted molar refractivity (Wildman–Crippen MR) is 63.2 cm³/mol. The molecule has 0 spiro atoms. The summed E-state index contributed by atoms with van der Waals surface area (Å²) >= 11 is 0. The van der Waals surface area contributed by atoms with Gasteiger partial charge in [0.15, 0.2) is 5.78 Å². The summed E-state index contributed by atoms with van der Waals surface area (Å²) in [4.78, 5) is 33.5. The Labute approximate surface area is 108 Å². The molecule has 1 rings (SSSR count). The lowest BCUT2D eigenvalue weighted by Gasteiger charge is -2.07. The second-order valence-corrected chi connectivity index (χ2v) is 3.45. The predicted octanol–water partition coefficient (Wildman–Crippen LogP) is 1.48. The zero-order chi connectivity index (χ0) is 14.4. The zero-order valence-corrected chi connectivity index (χ0v) is 10.0. The van der Waals surface area contributed by atoms with Gasteiger partial charge in [-0.3, -0.25) is 19.7 Å². The van der Waals surface area contributed by atoms with E-state index in [2.05, 4.69) is 4.74 Å². The molecule has 7 nitrogen and oxygen atoms in total. The number of carbonyl (C=O) groups is 2. The van der Waals surface area contributed by atoms with Crippen LogP contribution in [0.5, 0.6) is 0 Å². The number of nitro groups is 1. The van der Waals surface area contributed by atoms with Crippen LogP contribution in [0.4, 0.5) is 5.69 Å². The summed E-state index contributed by atoms with van der Waals surface area (Å²) in [6, 6.07) is 6.64. The average Bonchev–Trinajstić information content (AvgIpc) is 2.39. The quantitative estimate of drug-likeness (QED) is 0.261. The van der Waals surface area contributed by atoms with Gasteiger partial charge in [0.1, 0.15) is 0 Å². The fraction of sp³-hybridized carbons (Fsp3) is 0.250. The van der Waals surface area contributed by atoms with Crippen molar-refractivity contribution in [3.8, 4) is 6.07 Å². The van der Waals surface area contributed by atoms with E-state index in [4.69, 9.17) is 5.26 Å². The van der Waals surface area contributed by atoms with Crippen LogP contribution in [0.25, 0.3) is 0 Å². The van der Waals surface area contributed by atoms with Crippen molar-refractivity contribution in [2.24, 2.45) is 5.92 Å². The number of hydrogen-bond donors (Lipinski definition) is 0. The number of para-hydroxylation sites is 1. The fourth-order valence-electron chi connectivity index (χ4n) is 1.44. The van der Waals surface area contributed by atoms with Crippen molar-refractivity contribution < 1.29 is 19.2 Å². The molecule has 0 radical (unpaired) electrons. The van der Waals surface area contributed by atoms with Gasteiger partial charge >= 0.3 is 5.97 Å². The Balaban J connectivity index is 3.16. The van der Waals surface area contributed by atoms with Crippen LogP contribution in [0.1, 0.15) is 17.3 Å². The molecule has 7 heteroatoms. The third-order valence-electron chi connectivity index (χ3n) is 2.28. The lowest BCUT2D eigenvalue weighted by molar-refractivity contribution is -0.385. The van der Waals surface area contributed by atoms with Gasteiger partial charge < -0.3 is 4.74 Å². The molecule has 1 atom stereocenters. The Morgan fingerprint density at radius 2 is 2.11 bits per heavy atom. The van der Waals surface area contributed by atoms with E-state index < -0.39 is 28.3 Å². The first kappa shape index (κ1) is 14.3. The summed E-state index contributed by atoms with van der Waals surface area (Å²) in [6.07, 6.45) is 0. The van der Waals surface area contributed by atoms with Crippen LogP contribution in [-0.2, 0) is 9.53 Å². The lowest BCUT2D eigenvalue weighted by Crippen LogP contribution is -2.25. The normalized spacial score (nSPS) is 11.2. The maximum atomic E-state index is 12.0. The number of carbonyl (C=O) groups excluding carboxylic acids is 2. The summed E-state index contributed by atoms with van der Waals surface area (Å²) in [5.41, 5.74) is -0.732. The second kappa shape index (κ2) is 6.26. The molecule has 0 fully saturated rings. The van der Waals surface area contributed by atoms with Crippen molar-refractivity contribution in [2.45, 2.75) is 6.92 Å². The molecular weight excluding hydrogens is 252 g/mol. The molecule has 0 aromatic heterocycles. The highest BCUT2D eigenvalue weighted by Crippen LogP contribution is 2.21. The molecule has 1 unspecified atom stereocenters. The molecule has 1 aromatic rings. The van der Waals surface area contributed by atoms with Crippen LogP contribution in [0.2, 0.25) is 0 Å². The van der Waals surface area contributed by atoms with Gasteiger partial charge in [0.2, 0.25) is 5.92 Å². The van der Waals surface area contributed by atoms with Crippen LogP contribution < -0.4 is 0 Å². The molecule has 0 saturated carbocycles. The summed E-state index contributed by atoms with van der Waals surface area (Å²) in [6.45, 7) is 1.54. The first-order chi connectivity index (χ1) is 9.02. The van der Waals surface area contributed by atoms with Crippen LogP contribution >= 0.6 is 0 Å². The van der Waals surface area contributed by atoms with E-state index in [1.807, 2.05) is 0 Å². The van der Waals surface area contributed by atoms with Crippen molar-refractivity contribution >= 4 is 17.4 Å². The minimum Gasteiger partial charge on any atom is -0.465 e. The number of esters is 1. The van der Waals surface area contributed by atoms with Gasteiger partial charge in [-0.05, 0) is 13.0 Å². The second-order valence-electron chi connectivity index (χ2n) is 3.45. The van der Waals surface area contributed by atoms with Crippen molar-refractivity contribution in [3.63, 3.8) is 0 Å². The first-order valence-electron chi connectivity index (χ1n) is 5.36. The van der Waals surface area contributed by atoms with Crippen molar-refractivity contribution in [1.82, 2.24) is 0 Å². The number of benzene rings is 1. The number of rotatable bonds is 5. The molecule has 0 saturated heterocycles. The van der Waals surface area contributed by atoms with Gasteiger partial charge in [-0.15, -0.1) is 0 Å². The van der Waals surface area contributed by atoms with Crippen LogP contribution in [0.3, 0.4) is 0 Å². The summed E-state index contributed by atoms with van der Waals surface area (Å²) in [7, 11) is 0. The largest absolute Gasteiger partial charge is 0.465 e. The highest BCUT2D eigenvalue weighted by Gasteiger charge is 2.32. The van der Waals surface area contributed by atoms with Gasteiger partial charge in [0.05, 0.1) is 23.2 Å². The summed E-state index contributed by atoms with van der Waals surface area (Å²) < 4.78 is 4.59. The average molecular weight is 262 g/mol. The third-order valence-corrected chi connectivity index (χ3v) is 2.28. The maximum absolute atomic E-state index is 12.0. The Morgan fingerprint density at radius 1 is 1.47 bits per heavy atom. The monoisotopic (exact) mass is 262 g/mol. The van der Waals surface area contributed by atoms with Crippen molar-refractivity contribution in [2.75, 3.05) is 6.61 Å². The van der Waals surface area contributed by atoms with Crippen molar-refractivity contribution in [3.05, 3.63) is 39.9 Å². The molecular formula is C12H10N2O5. The third kappa shape index (κ3) is 3.13. The minimum absolute atomic E-state index is 0.0151. The van der Waals surface area contributed by atoms with E-state index >= 15 is 0 Å². The van der Waals surface area contributed by atoms with Gasteiger partial charge in [-0.25, -0.2) is 0 Å². The minimum atomic E-state index is -1.69. The topological polar surface area (TPSA) is 110 Å². The Bertz CT molecular complexity index is 561. The van der Waals surface area contributed by atoms with E-state index in [0.29, 0.717) is 0 Å². The van der Waals surface area contributed by atoms with E-state index in [1.54, 1.807) is 0 Å². The Morgan fingerprint density at radius 3 is 2.63 bits per heavy atom. The molecule has 0 N–H and O–H groups in total. The first-order valence-corrected chi connectivity index (χ1v) is 5.36. The lowest BCUT2D eigenvalue weighted by atomic mass is 9.97. The molecule has 0 bridgehead atoms. The highest BCUT2D eigenvalue weighted by molar-refractivity contribution is 6.12. The SMILES string of the molecule is CCOC(=O)C(C#N)C(=O)c1ccccc1[N+](=O)[O-]. The fourth-order valence-corrected chi connectivity index (χ4v) is 1.44. The number of nitriles is 1. The number of hydrogen-bond acceptors (Lipinski definition) is 6. The zero-order valence-electron chi connectivity index (χ0n) is 10.0. The van der Waals surface area contributed by atoms with Gasteiger partial charge in [-0.1, -0.05) is 12.1 Å². The molecule has 0 aliphatic heterocycles. The number of nitrogens with zero attached hydrogens (tertiary/aromatic N) is 2. The molecule has 0 amide bonds. The van der Waals surface area contributed by atoms with Crippen LogP contribution in [-0.4, -0.2) is 23.3 Å². The number of ketones is 1. The van der Waals surface area contributed by atoms with Gasteiger partial charge in [0, 0.05) is 6.07 Å². The molecule has 0 aliphatic rings. The molecule has 19 heavy (non-hydrogen) atoms. The molecule has 0 aliphatic carbocycles. The van der Waals surface area contributed by atoms with Gasteiger partial charge in [0.25, 0.3) is 5.69 Å². The molecule has 0 heterocycles. The highest BCUT2D eigenvalue weighted by atomic mass is 16.6. The molecule has 1 aromatic carbocycles. The number of nitro benzene ring substituents is 1. The summed E-state index contributed by atoms with van der Waals surface area (Å²) in [5.74, 6) is -3.64. The number of Topliss-reactive ketones (excluding diaryl/α,β-unsaturated/α-hetero) is 1. The van der Waals surface area contributed by atoms with E-state index in [-0.39, 0.29) is 12.2 Å². The van der Waals surface area contributed by atoms with E-state index in [0.717, 1.165) is 6.07 Å². The van der Waals surface area contributed by atoms with E-state index in [1.165, 1.54) is 31.2 Å². The Kier molecular flexibility index (Phi) is 4.71. The maximum Gasteiger partial charge on any atom is 0.331 e. The van der Waals surface area contributed by atoms with E-state index in [9.17, 15) is 19.7 Å². The smallest absolute Gasteiger partial charge is 0.331 e. The standard InChI is InChI=1S/C12H10N2O5/c1-2-19-12(16)9(7-13)11(15)8-5-3-4-6-10(8)14(17)18/h3-6,9H,2H2,1H3. The molecule has 98 valence electrons. The summed E-state index contributed by atoms with van der Waals surface area (Å²) in [5, 5.41) is 19.6. The van der Waals surface area contributed by atoms with Crippen LogP contribution in [0, 0.1) is 27.4 Å². The van der Waals surface area contributed by atoms with Crippen molar-refractivity contribution in [1.29, 1.82) is 5.26 Å². The van der Waals surface area contributed by atoms with Gasteiger partial charge in [-0.2, -0.15) is 5.26 Å². The Hall–Kier alpha value is -2.75. The van der Waals surface area contributed by atoms with Crippen LogP contribution in [0.15, 0.2) is 24.3 Å².